The number of nitrogens with one attached hydrogen (secondary N) is 1. The molecule has 2 aromatic rings. The van der Waals surface area contributed by atoms with E-state index in [4.69, 9.17) is 14.2 Å². The van der Waals surface area contributed by atoms with E-state index in [1.165, 1.54) is 11.0 Å². The normalized spacial score (nSPS) is 20.5. The van der Waals surface area contributed by atoms with Crippen molar-refractivity contribution in [3.63, 3.8) is 0 Å². The van der Waals surface area contributed by atoms with Crippen LogP contribution < -0.4 is 10.1 Å². The van der Waals surface area contributed by atoms with E-state index in [-0.39, 0.29) is 11.8 Å². The quantitative estimate of drug-likeness (QED) is 0.791. The second-order valence-electron chi connectivity index (χ2n) is 7.36. The minimum Gasteiger partial charge on any atom is -0.491 e. The van der Waals surface area contributed by atoms with Crippen LogP contribution in [-0.4, -0.2) is 80.3 Å². The van der Waals surface area contributed by atoms with Gasteiger partial charge in [-0.05, 0) is 24.3 Å². The van der Waals surface area contributed by atoms with Crippen molar-refractivity contribution >= 4 is 16.8 Å². The largest absolute Gasteiger partial charge is 0.491 e. The molecule has 1 aromatic carbocycles. The van der Waals surface area contributed by atoms with Gasteiger partial charge in [0.05, 0.1) is 19.8 Å². The van der Waals surface area contributed by atoms with Crippen molar-refractivity contribution in [3.8, 4) is 5.75 Å². The predicted molar refractivity (Wildman–Crippen MR) is 103 cm³/mol. The van der Waals surface area contributed by atoms with Gasteiger partial charge in [-0.2, -0.15) is 13.2 Å². The Morgan fingerprint density at radius 2 is 2.00 bits per heavy atom. The summed E-state index contributed by atoms with van der Waals surface area (Å²) in [5.41, 5.74) is 0.355. The fraction of sp³-hybridized carbons (Fsp3) is 0.550. The van der Waals surface area contributed by atoms with Gasteiger partial charge in [0.15, 0.2) is 0 Å². The van der Waals surface area contributed by atoms with Crippen LogP contribution in [0.5, 0.6) is 5.75 Å². The van der Waals surface area contributed by atoms with E-state index < -0.39 is 18.6 Å². The fourth-order valence-corrected chi connectivity index (χ4v) is 3.71. The smallest absolute Gasteiger partial charge is 0.406 e. The zero-order valence-corrected chi connectivity index (χ0v) is 16.4. The second kappa shape index (κ2) is 8.83. The molecule has 10 heteroatoms. The van der Waals surface area contributed by atoms with E-state index in [1.807, 2.05) is 0 Å². The van der Waals surface area contributed by atoms with Gasteiger partial charge in [-0.15, -0.1) is 0 Å². The molecular weight excluding hydrogens is 403 g/mol. The van der Waals surface area contributed by atoms with Gasteiger partial charge < -0.3 is 29.0 Å². The van der Waals surface area contributed by atoms with Gasteiger partial charge in [0.1, 0.15) is 30.7 Å². The van der Waals surface area contributed by atoms with Gasteiger partial charge in [-0.3, -0.25) is 4.79 Å². The van der Waals surface area contributed by atoms with E-state index in [2.05, 4.69) is 5.32 Å². The molecule has 2 aliphatic rings. The first kappa shape index (κ1) is 21.0. The van der Waals surface area contributed by atoms with Crippen LogP contribution in [0, 0.1) is 0 Å². The Bertz CT molecular complexity index is 887. The number of carbonyl (C=O) groups is 1. The van der Waals surface area contributed by atoms with Crippen molar-refractivity contribution in [1.82, 2.24) is 14.8 Å². The summed E-state index contributed by atoms with van der Waals surface area (Å²) < 4.78 is 57.3. The number of hydrogen-bond acceptors (Lipinski definition) is 5. The Hall–Kier alpha value is -2.30. The summed E-state index contributed by atoms with van der Waals surface area (Å²) in [6, 6.07) is 6.35. The van der Waals surface area contributed by atoms with Gasteiger partial charge in [-0.25, -0.2) is 0 Å². The van der Waals surface area contributed by atoms with E-state index in [1.54, 1.807) is 18.2 Å². The molecule has 2 saturated heterocycles. The number of fused-ring (bicyclic) bond motifs is 1. The molecule has 1 aromatic heterocycles. The van der Waals surface area contributed by atoms with Crippen LogP contribution in [0.3, 0.4) is 0 Å². The Morgan fingerprint density at radius 1 is 1.20 bits per heavy atom. The lowest BCUT2D eigenvalue weighted by atomic mass is 10.2. The zero-order chi connectivity index (χ0) is 21.1. The van der Waals surface area contributed by atoms with Gasteiger partial charge in [0.2, 0.25) is 0 Å². The summed E-state index contributed by atoms with van der Waals surface area (Å²) in [6.07, 6.45) is -4.53. The number of nitrogens with zero attached hydrogens (tertiary/aromatic N) is 2. The number of amides is 1. The molecule has 4 rings (SSSR count). The SMILES string of the molecule is O=C(c1cc2cc(OCC3CNCCO3)ccc2n1CC(F)(F)F)N1CCOCC1. The van der Waals surface area contributed by atoms with E-state index in [9.17, 15) is 18.0 Å². The van der Waals surface area contributed by atoms with Gasteiger partial charge in [0, 0.05) is 37.1 Å². The molecule has 0 saturated carbocycles. The first-order valence-electron chi connectivity index (χ1n) is 9.93. The Labute approximate surface area is 171 Å². The van der Waals surface area contributed by atoms with Crippen molar-refractivity contribution in [2.75, 3.05) is 52.6 Å². The maximum absolute atomic E-state index is 13.2. The number of hydrogen-bond donors (Lipinski definition) is 1. The number of ether oxygens (including phenoxy) is 3. The number of rotatable bonds is 5. The summed E-state index contributed by atoms with van der Waals surface area (Å²) in [5, 5.41) is 3.74. The van der Waals surface area contributed by atoms with Crippen LogP contribution in [0.15, 0.2) is 24.3 Å². The molecule has 2 fully saturated rings. The predicted octanol–water partition coefficient (Wildman–Crippen LogP) is 2.04. The summed E-state index contributed by atoms with van der Waals surface area (Å²) in [7, 11) is 0. The summed E-state index contributed by atoms with van der Waals surface area (Å²) in [4.78, 5) is 14.4. The lowest BCUT2D eigenvalue weighted by Crippen LogP contribution is -2.41. The Morgan fingerprint density at radius 3 is 2.70 bits per heavy atom. The number of carbonyl (C=O) groups excluding carboxylic acids is 1. The molecule has 0 radical (unpaired) electrons. The van der Waals surface area contributed by atoms with Crippen LogP contribution >= 0.6 is 0 Å². The van der Waals surface area contributed by atoms with Crippen LogP contribution in [-0.2, 0) is 16.0 Å². The average molecular weight is 427 g/mol. The highest BCUT2D eigenvalue weighted by Crippen LogP contribution is 2.29. The van der Waals surface area contributed by atoms with Gasteiger partial charge in [-0.1, -0.05) is 0 Å². The molecule has 7 nitrogen and oxygen atoms in total. The molecule has 1 unspecified atom stereocenters. The van der Waals surface area contributed by atoms with Gasteiger partial charge >= 0.3 is 6.18 Å². The van der Waals surface area contributed by atoms with Crippen molar-refractivity contribution in [2.24, 2.45) is 0 Å². The lowest BCUT2D eigenvalue weighted by Gasteiger charge is -2.27. The minimum absolute atomic E-state index is 0.0150. The third-order valence-corrected chi connectivity index (χ3v) is 5.17. The monoisotopic (exact) mass is 427 g/mol. The molecular formula is C20H24F3N3O4. The first-order valence-corrected chi connectivity index (χ1v) is 9.93. The molecule has 1 amide bonds. The number of halogens is 3. The summed E-state index contributed by atoms with van der Waals surface area (Å²) >= 11 is 0. The van der Waals surface area contributed by atoms with Crippen molar-refractivity contribution < 1.29 is 32.2 Å². The maximum Gasteiger partial charge on any atom is 0.406 e. The standard InChI is InChI=1S/C20H24F3N3O4/c21-20(22,23)13-26-17-2-1-15(30-12-16-11-24-3-6-29-16)9-14(17)10-18(26)19(27)25-4-7-28-8-5-25/h1-2,9-10,16,24H,3-8,11-13H2. The highest BCUT2D eigenvalue weighted by atomic mass is 19.4. The highest BCUT2D eigenvalue weighted by molar-refractivity contribution is 5.99. The molecule has 3 heterocycles. The molecule has 1 atom stereocenters. The first-order chi connectivity index (χ1) is 14.4. The average Bonchev–Trinajstić information content (AvgIpc) is 3.09. The van der Waals surface area contributed by atoms with Crippen molar-refractivity contribution in [2.45, 2.75) is 18.8 Å². The fourth-order valence-electron chi connectivity index (χ4n) is 3.71. The topological polar surface area (TPSA) is 65.0 Å². The number of alkyl halides is 3. The molecule has 0 bridgehead atoms. The Kier molecular flexibility index (Phi) is 6.16. The van der Waals surface area contributed by atoms with Crippen LogP contribution in [0.1, 0.15) is 10.5 Å². The van der Waals surface area contributed by atoms with E-state index >= 15 is 0 Å². The number of benzene rings is 1. The highest BCUT2D eigenvalue weighted by Gasteiger charge is 2.32. The number of morpholine rings is 2. The molecule has 0 spiro atoms. The number of aromatic nitrogens is 1. The molecule has 30 heavy (non-hydrogen) atoms. The van der Waals surface area contributed by atoms with Crippen molar-refractivity contribution in [1.29, 1.82) is 0 Å². The summed E-state index contributed by atoms with van der Waals surface area (Å²) in [5.74, 6) is 0.0918. The lowest BCUT2D eigenvalue weighted by molar-refractivity contribution is -0.140. The van der Waals surface area contributed by atoms with E-state index in [0.29, 0.717) is 62.7 Å². The maximum atomic E-state index is 13.2. The van der Waals surface area contributed by atoms with Gasteiger partial charge in [0.25, 0.3) is 5.91 Å². The second-order valence-corrected chi connectivity index (χ2v) is 7.36. The zero-order valence-electron chi connectivity index (χ0n) is 16.4. The minimum atomic E-state index is -4.45. The van der Waals surface area contributed by atoms with Crippen molar-refractivity contribution in [3.05, 3.63) is 30.0 Å². The summed E-state index contributed by atoms with van der Waals surface area (Å²) in [6.45, 7) is 2.66. The van der Waals surface area contributed by atoms with Crippen LogP contribution in [0.4, 0.5) is 13.2 Å². The van der Waals surface area contributed by atoms with Crippen LogP contribution in [0.2, 0.25) is 0 Å². The van der Waals surface area contributed by atoms with E-state index in [0.717, 1.165) is 11.1 Å². The molecule has 1 N–H and O–H groups in total. The molecule has 2 aliphatic heterocycles. The molecule has 0 aliphatic carbocycles. The van der Waals surface area contributed by atoms with Crippen LogP contribution in [0.25, 0.3) is 10.9 Å². The third kappa shape index (κ3) is 4.88. The third-order valence-electron chi connectivity index (χ3n) is 5.17. The molecule has 164 valence electrons. The Balaban J connectivity index is 1.60.